The minimum atomic E-state index is -0.295. The highest BCUT2D eigenvalue weighted by molar-refractivity contribution is 5.71. The molecule has 0 atom stereocenters. The predicted octanol–water partition coefficient (Wildman–Crippen LogP) is 4.83. The Morgan fingerprint density at radius 2 is 1.97 bits per heavy atom. The summed E-state index contributed by atoms with van der Waals surface area (Å²) in [5, 5.41) is 13.1. The Bertz CT molecular complexity index is 1570. The number of aryl methyl sites for hydroxylation is 1. The SMILES string of the molecule is Cc1ccc2c(c1)-c1nnc(COCc3ccccc3F)n1Cc1c(-c3noc(C(C)C)n3)ncn1-2. The molecule has 0 unspecified atom stereocenters. The maximum Gasteiger partial charge on any atom is 0.229 e. The number of halogens is 1. The predicted molar refractivity (Wildman–Crippen MR) is 129 cm³/mol. The van der Waals surface area contributed by atoms with Crippen LogP contribution in [0.15, 0.2) is 53.3 Å². The van der Waals surface area contributed by atoms with E-state index in [-0.39, 0.29) is 24.9 Å². The first-order valence-corrected chi connectivity index (χ1v) is 11.7. The van der Waals surface area contributed by atoms with Gasteiger partial charge in [-0.2, -0.15) is 4.98 Å². The van der Waals surface area contributed by atoms with Gasteiger partial charge in [-0.05, 0) is 25.1 Å². The number of aromatic nitrogens is 7. The van der Waals surface area contributed by atoms with Crippen molar-refractivity contribution < 1.29 is 13.7 Å². The molecular formula is C26H24FN7O2. The van der Waals surface area contributed by atoms with Gasteiger partial charge in [0.2, 0.25) is 11.7 Å². The summed E-state index contributed by atoms with van der Waals surface area (Å²) in [6, 6.07) is 12.8. The molecule has 0 spiro atoms. The normalized spacial score (nSPS) is 12.4. The molecule has 182 valence electrons. The Labute approximate surface area is 206 Å². The fraction of sp³-hybridized carbons (Fsp3) is 0.269. The van der Waals surface area contributed by atoms with Gasteiger partial charge >= 0.3 is 0 Å². The molecule has 6 rings (SSSR count). The van der Waals surface area contributed by atoms with Crippen molar-refractivity contribution >= 4 is 0 Å². The van der Waals surface area contributed by atoms with Crippen LogP contribution in [0.3, 0.4) is 0 Å². The zero-order chi connectivity index (χ0) is 24.8. The maximum atomic E-state index is 14.0. The summed E-state index contributed by atoms with van der Waals surface area (Å²) in [5.41, 5.74) is 4.98. The van der Waals surface area contributed by atoms with Crippen molar-refractivity contribution in [2.45, 2.75) is 46.4 Å². The summed E-state index contributed by atoms with van der Waals surface area (Å²) < 4.78 is 29.4. The Hall–Kier alpha value is -4.18. The third-order valence-corrected chi connectivity index (χ3v) is 6.25. The van der Waals surface area contributed by atoms with E-state index in [4.69, 9.17) is 9.26 Å². The van der Waals surface area contributed by atoms with Gasteiger partial charge in [0.15, 0.2) is 11.6 Å². The highest BCUT2D eigenvalue weighted by Gasteiger charge is 2.28. The first-order valence-electron chi connectivity index (χ1n) is 11.7. The lowest BCUT2D eigenvalue weighted by Gasteiger charge is -2.09. The Balaban J connectivity index is 1.40. The number of hydrogen-bond donors (Lipinski definition) is 0. The molecule has 0 aliphatic carbocycles. The van der Waals surface area contributed by atoms with E-state index < -0.39 is 0 Å². The van der Waals surface area contributed by atoms with E-state index in [1.807, 2.05) is 36.0 Å². The molecule has 36 heavy (non-hydrogen) atoms. The van der Waals surface area contributed by atoms with E-state index >= 15 is 0 Å². The van der Waals surface area contributed by atoms with E-state index in [1.54, 1.807) is 24.5 Å². The molecule has 0 bridgehead atoms. The van der Waals surface area contributed by atoms with Crippen LogP contribution in [-0.4, -0.2) is 34.5 Å². The maximum absolute atomic E-state index is 14.0. The van der Waals surface area contributed by atoms with Crippen molar-refractivity contribution in [2.24, 2.45) is 0 Å². The van der Waals surface area contributed by atoms with Gasteiger partial charge in [0, 0.05) is 17.0 Å². The van der Waals surface area contributed by atoms with Crippen LogP contribution in [0, 0.1) is 12.7 Å². The zero-order valence-corrected chi connectivity index (χ0v) is 20.1. The Kier molecular flexibility index (Phi) is 5.45. The van der Waals surface area contributed by atoms with Gasteiger partial charge in [-0.3, -0.25) is 4.57 Å². The third-order valence-electron chi connectivity index (χ3n) is 6.25. The van der Waals surface area contributed by atoms with Gasteiger partial charge in [-0.25, -0.2) is 9.37 Å². The van der Waals surface area contributed by atoms with Crippen molar-refractivity contribution in [3.05, 3.63) is 83.1 Å². The van der Waals surface area contributed by atoms with Gasteiger partial charge in [0.25, 0.3) is 0 Å². The number of imidazole rings is 1. The van der Waals surface area contributed by atoms with Crippen molar-refractivity contribution in [3.8, 4) is 28.6 Å². The topological polar surface area (TPSA) is 96.7 Å². The largest absolute Gasteiger partial charge is 0.369 e. The fourth-order valence-corrected chi connectivity index (χ4v) is 4.35. The number of benzene rings is 2. The Morgan fingerprint density at radius 3 is 2.78 bits per heavy atom. The van der Waals surface area contributed by atoms with Crippen LogP contribution in [0.2, 0.25) is 0 Å². The van der Waals surface area contributed by atoms with Crippen LogP contribution in [0.4, 0.5) is 4.39 Å². The minimum absolute atomic E-state index is 0.110. The van der Waals surface area contributed by atoms with Crippen LogP contribution in [0.5, 0.6) is 0 Å². The van der Waals surface area contributed by atoms with Gasteiger partial charge in [-0.1, -0.05) is 48.8 Å². The highest BCUT2D eigenvalue weighted by Crippen LogP contribution is 2.35. The number of ether oxygens (including phenoxy) is 1. The fourth-order valence-electron chi connectivity index (χ4n) is 4.35. The second kappa shape index (κ2) is 8.80. The summed E-state index contributed by atoms with van der Waals surface area (Å²) in [7, 11) is 0. The van der Waals surface area contributed by atoms with E-state index in [2.05, 4.69) is 37.5 Å². The van der Waals surface area contributed by atoms with Gasteiger partial charge in [-0.15, -0.1) is 10.2 Å². The number of rotatable bonds is 6. The average Bonchev–Trinajstić information content (AvgIpc) is 3.58. The minimum Gasteiger partial charge on any atom is -0.369 e. The first kappa shape index (κ1) is 22.3. The number of nitrogens with zero attached hydrogens (tertiary/aromatic N) is 7. The Morgan fingerprint density at radius 1 is 1.11 bits per heavy atom. The van der Waals surface area contributed by atoms with Gasteiger partial charge in [0.1, 0.15) is 24.4 Å². The van der Waals surface area contributed by atoms with Crippen molar-refractivity contribution in [3.63, 3.8) is 0 Å². The highest BCUT2D eigenvalue weighted by atomic mass is 19.1. The van der Waals surface area contributed by atoms with Crippen molar-refractivity contribution in [1.29, 1.82) is 0 Å². The molecule has 0 fully saturated rings. The molecule has 1 aliphatic rings. The van der Waals surface area contributed by atoms with Crippen LogP contribution in [0.1, 0.15) is 48.3 Å². The van der Waals surface area contributed by atoms with Crippen LogP contribution >= 0.6 is 0 Å². The molecular weight excluding hydrogens is 461 g/mol. The second-order valence-corrected chi connectivity index (χ2v) is 9.15. The summed E-state index contributed by atoms with van der Waals surface area (Å²) in [6.07, 6.45) is 1.78. The van der Waals surface area contributed by atoms with Gasteiger partial charge < -0.3 is 13.8 Å². The van der Waals surface area contributed by atoms with E-state index in [9.17, 15) is 4.39 Å². The molecule has 0 N–H and O–H groups in total. The molecule has 9 nitrogen and oxygen atoms in total. The van der Waals surface area contributed by atoms with Crippen LogP contribution < -0.4 is 0 Å². The molecule has 1 aliphatic heterocycles. The lowest BCUT2D eigenvalue weighted by Crippen LogP contribution is -2.10. The number of hydrogen-bond acceptors (Lipinski definition) is 7. The average molecular weight is 486 g/mol. The van der Waals surface area contributed by atoms with E-state index in [0.717, 1.165) is 28.3 Å². The van der Waals surface area contributed by atoms with Crippen LogP contribution in [-0.2, 0) is 24.5 Å². The standard InChI is InChI=1S/C26H24FN7O2/c1-15(2)26-29-24(32-36-26)23-21-11-33-22(13-35-12-17-6-4-5-7-19(17)27)30-31-25(33)18-10-16(3)8-9-20(18)34(21)14-28-23/h4-10,14-15H,11-13H2,1-3H3. The third kappa shape index (κ3) is 3.79. The quantitative estimate of drug-likeness (QED) is 0.333. The molecule has 3 aromatic heterocycles. The lowest BCUT2D eigenvalue weighted by molar-refractivity contribution is 0.0972. The molecule has 0 radical (unpaired) electrons. The van der Waals surface area contributed by atoms with E-state index in [1.165, 1.54) is 6.07 Å². The second-order valence-electron chi connectivity index (χ2n) is 9.15. The van der Waals surface area contributed by atoms with Gasteiger partial charge in [0.05, 0.1) is 24.5 Å². The summed E-state index contributed by atoms with van der Waals surface area (Å²) >= 11 is 0. The smallest absolute Gasteiger partial charge is 0.229 e. The molecule has 2 aromatic carbocycles. The van der Waals surface area contributed by atoms with Crippen molar-refractivity contribution in [2.75, 3.05) is 0 Å². The van der Waals surface area contributed by atoms with E-state index in [0.29, 0.717) is 35.3 Å². The van der Waals surface area contributed by atoms with Crippen molar-refractivity contribution in [1.82, 2.24) is 34.5 Å². The summed E-state index contributed by atoms with van der Waals surface area (Å²) in [4.78, 5) is 9.22. The number of fused-ring (bicyclic) bond motifs is 5. The zero-order valence-electron chi connectivity index (χ0n) is 20.1. The lowest BCUT2D eigenvalue weighted by atomic mass is 10.1. The molecule has 4 heterocycles. The summed E-state index contributed by atoms with van der Waals surface area (Å²) in [5.74, 6) is 2.17. The molecule has 0 amide bonds. The molecule has 10 heteroatoms. The van der Waals surface area contributed by atoms with Crippen LogP contribution in [0.25, 0.3) is 28.6 Å². The molecule has 5 aromatic rings. The summed E-state index contributed by atoms with van der Waals surface area (Å²) in [6.45, 7) is 6.77. The molecule has 0 saturated heterocycles. The first-order chi connectivity index (χ1) is 17.5. The monoisotopic (exact) mass is 485 g/mol. The molecule has 0 saturated carbocycles.